The normalized spacial score (nSPS) is 12.7. The van der Waals surface area contributed by atoms with Gasteiger partial charge in [0.15, 0.2) is 0 Å². The predicted octanol–water partition coefficient (Wildman–Crippen LogP) is 3.84. The predicted molar refractivity (Wildman–Crippen MR) is 101 cm³/mol. The standard InChI is InChI=1S/C16H13ClN2O4S2/c17-13-7-3-4-8-16(13)25(22,23)19-15-10-9-14(18-24(20)21)11-5-1-2-6-12(11)15/h1-10,18-19H,(H,20,21). The fraction of sp³-hybridized carbons (Fsp3) is 0. The van der Waals surface area contributed by atoms with Crippen LogP contribution in [-0.4, -0.2) is 17.2 Å². The Bertz CT molecular complexity index is 1070. The molecule has 3 aromatic rings. The first kappa shape index (κ1) is 17.7. The molecule has 0 aliphatic rings. The molecule has 25 heavy (non-hydrogen) atoms. The summed E-state index contributed by atoms with van der Waals surface area (Å²) in [7, 11) is -3.88. The average Bonchev–Trinajstić information content (AvgIpc) is 2.57. The quantitative estimate of drug-likeness (QED) is 0.571. The van der Waals surface area contributed by atoms with E-state index in [2.05, 4.69) is 9.44 Å². The highest BCUT2D eigenvalue weighted by Gasteiger charge is 2.19. The third-order valence-corrected chi connectivity index (χ3v) is 5.75. The summed E-state index contributed by atoms with van der Waals surface area (Å²) < 4.78 is 50.2. The molecule has 0 radical (unpaired) electrons. The van der Waals surface area contributed by atoms with Crippen LogP contribution in [0.25, 0.3) is 10.8 Å². The van der Waals surface area contributed by atoms with Gasteiger partial charge < -0.3 is 0 Å². The highest BCUT2D eigenvalue weighted by molar-refractivity contribution is 7.92. The van der Waals surface area contributed by atoms with Crippen molar-refractivity contribution in [2.75, 3.05) is 9.44 Å². The molecule has 0 saturated heterocycles. The number of hydrogen-bond donors (Lipinski definition) is 3. The Morgan fingerprint density at radius 2 is 1.44 bits per heavy atom. The summed E-state index contributed by atoms with van der Waals surface area (Å²) >= 11 is 3.75. The van der Waals surface area contributed by atoms with Gasteiger partial charge in [0, 0.05) is 10.8 Å². The molecular formula is C16H13ClN2O4S2. The van der Waals surface area contributed by atoms with Crippen molar-refractivity contribution in [2.24, 2.45) is 0 Å². The molecule has 1 atom stereocenters. The van der Waals surface area contributed by atoms with Gasteiger partial charge in [-0.15, -0.1) is 0 Å². The number of halogens is 1. The monoisotopic (exact) mass is 396 g/mol. The molecule has 0 bridgehead atoms. The lowest BCUT2D eigenvalue weighted by atomic mass is 10.1. The Balaban J connectivity index is 2.08. The lowest BCUT2D eigenvalue weighted by molar-refractivity contribution is 0.570. The minimum Gasteiger partial charge on any atom is -0.289 e. The smallest absolute Gasteiger partial charge is 0.263 e. The minimum absolute atomic E-state index is 0.0283. The Morgan fingerprint density at radius 1 is 0.880 bits per heavy atom. The van der Waals surface area contributed by atoms with E-state index in [1.54, 1.807) is 36.4 Å². The number of fused-ring (bicyclic) bond motifs is 1. The summed E-state index contributed by atoms with van der Waals surface area (Å²) in [6, 6.07) is 16.1. The van der Waals surface area contributed by atoms with Crippen LogP contribution >= 0.6 is 11.6 Å². The van der Waals surface area contributed by atoms with E-state index >= 15 is 0 Å². The SMILES string of the molecule is O=S(O)Nc1ccc(NS(=O)(=O)c2ccccc2Cl)c2ccccc12. The minimum atomic E-state index is -3.88. The van der Waals surface area contributed by atoms with Gasteiger partial charge in [-0.05, 0) is 24.3 Å². The van der Waals surface area contributed by atoms with Crippen molar-refractivity contribution < 1.29 is 17.2 Å². The third kappa shape index (κ3) is 3.77. The van der Waals surface area contributed by atoms with Crippen molar-refractivity contribution in [2.45, 2.75) is 4.90 Å². The summed E-state index contributed by atoms with van der Waals surface area (Å²) in [4.78, 5) is -0.0283. The lowest BCUT2D eigenvalue weighted by Gasteiger charge is -2.14. The van der Waals surface area contributed by atoms with Crippen molar-refractivity contribution in [1.29, 1.82) is 0 Å². The first-order chi connectivity index (χ1) is 11.9. The van der Waals surface area contributed by atoms with Crippen molar-refractivity contribution in [3.05, 3.63) is 65.7 Å². The van der Waals surface area contributed by atoms with Crippen molar-refractivity contribution in [1.82, 2.24) is 0 Å². The van der Waals surface area contributed by atoms with E-state index in [1.807, 2.05) is 0 Å². The second kappa shape index (κ2) is 7.01. The Morgan fingerprint density at radius 3 is 2.08 bits per heavy atom. The summed E-state index contributed by atoms with van der Waals surface area (Å²) in [5.74, 6) is 0. The molecule has 0 aliphatic carbocycles. The molecule has 0 aliphatic heterocycles. The maximum atomic E-state index is 12.6. The Kier molecular flexibility index (Phi) is 4.96. The van der Waals surface area contributed by atoms with Crippen LogP contribution in [0.15, 0.2) is 65.6 Å². The molecule has 0 fully saturated rings. The Labute approximate surface area is 152 Å². The van der Waals surface area contributed by atoms with E-state index in [0.717, 1.165) is 0 Å². The highest BCUT2D eigenvalue weighted by atomic mass is 35.5. The van der Waals surface area contributed by atoms with Gasteiger partial charge in [-0.3, -0.25) is 14.0 Å². The molecule has 0 saturated carbocycles. The van der Waals surface area contributed by atoms with Crippen LogP contribution in [0.3, 0.4) is 0 Å². The zero-order valence-electron chi connectivity index (χ0n) is 12.6. The van der Waals surface area contributed by atoms with E-state index in [0.29, 0.717) is 22.1 Å². The number of rotatable bonds is 5. The van der Waals surface area contributed by atoms with Crippen LogP contribution in [0.5, 0.6) is 0 Å². The van der Waals surface area contributed by atoms with Gasteiger partial charge in [-0.2, -0.15) is 0 Å². The number of sulfonamides is 1. The van der Waals surface area contributed by atoms with Crippen molar-refractivity contribution in [3.63, 3.8) is 0 Å². The summed E-state index contributed by atoms with van der Waals surface area (Å²) in [5, 5.41) is 1.30. The molecule has 9 heteroatoms. The molecule has 0 aromatic heterocycles. The van der Waals surface area contributed by atoms with Crippen molar-refractivity contribution >= 4 is 55.0 Å². The molecule has 1 unspecified atom stereocenters. The number of hydrogen-bond acceptors (Lipinski definition) is 3. The van der Waals surface area contributed by atoms with Gasteiger partial charge >= 0.3 is 0 Å². The second-order valence-corrected chi connectivity index (χ2v) is 7.85. The van der Waals surface area contributed by atoms with Gasteiger partial charge in [-0.25, -0.2) is 12.6 Å². The van der Waals surface area contributed by atoms with Gasteiger partial charge in [-0.1, -0.05) is 48.0 Å². The fourth-order valence-electron chi connectivity index (χ4n) is 2.43. The van der Waals surface area contributed by atoms with Crippen LogP contribution in [0.1, 0.15) is 0 Å². The zero-order chi connectivity index (χ0) is 18.0. The van der Waals surface area contributed by atoms with Crippen LogP contribution in [0.4, 0.5) is 11.4 Å². The largest absolute Gasteiger partial charge is 0.289 e. The van der Waals surface area contributed by atoms with Gasteiger partial charge in [0.25, 0.3) is 21.3 Å². The van der Waals surface area contributed by atoms with Crippen LogP contribution in [0, 0.1) is 0 Å². The van der Waals surface area contributed by atoms with E-state index < -0.39 is 21.3 Å². The van der Waals surface area contributed by atoms with Gasteiger partial charge in [0.05, 0.1) is 16.4 Å². The molecule has 3 N–H and O–H groups in total. The lowest BCUT2D eigenvalue weighted by Crippen LogP contribution is -2.14. The van der Waals surface area contributed by atoms with E-state index in [-0.39, 0.29) is 9.92 Å². The van der Waals surface area contributed by atoms with E-state index in [4.69, 9.17) is 16.2 Å². The van der Waals surface area contributed by atoms with E-state index in [9.17, 15) is 12.6 Å². The summed E-state index contributed by atoms with van der Waals surface area (Å²) in [6.07, 6.45) is 0. The molecule has 6 nitrogen and oxygen atoms in total. The summed E-state index contributed by atoms with van der Waals surface area (Å²) in [6.45, 7) is 0. The molecular weight excluding hydrogens is 384 g/mol. The molecule has 130 valence electrons. The van der Waals surface area contributed by atoms with Gasteiger partial charge in [0.2, 0.25) is 0 Å². The van der Waals surface area contributed by atoms with Crippen LogP contribution < -0.4 is 9.44 Å². The maximum absolute atomic E-state index is 12.6. The molecule has 0 amide bonds. The first-order valence-electron chi connectivity index (χ1n) is 7.05. The molecule has 0 spiro atoms. The fourth-order valence-corrected chi connectivity index (χ4v) is 4.40. The highest BCUT2D eigenvalue weighted by Crippen LogP contribution is 2.32. The number of anilines is 2. The Hall–Kier alpha value is -2.13. The molecule has 3 aromatic carbocycles. The summed E-state index contributed by atoms with van der Waals surface area (Å²) in [5.41, 5.74) is 0.752. The van der Waals surface area contributed by atoms with Gasteiger partial charge in [0.1, 0.15) is 4.90 Å². The maximum Gasteiger partial charge on any atom is 0.263 e. The average molecular weight is 397 g/mol. The zero-order valence-corrected chi connectivity index (χ0v) is 15.0. The molecule has 3 rings (SSSR count). The first-order valence-corrected chi connectivity index (χ1v) is 10.0. The van der Waals surface area contributed by atoms with E-state index in [1.165, 1.54) is 24.3 Å². The third-order valence-electron chi connectivity index (χ3n) is 3.49. The van der Waals surface area contributed by atoms with Crippen molar-refractivity contribution in [3.8, 4) is 0 Å². The molecule has 0 heterocycles. The second-order valence-electron chi connectivity index (χ2n) is 5.09. The number of benzene rings is 3. The van der Waals surface area contributed by atoms with Crippen LogP contribution in [0.2, 0.25) is 5.02 Å². The van der Waals surface area contributed by atoms with Crippen LogP contribution in [-0.2, 0) is 21.3 Å². The topological polar surface area (TPSA) is 95.5 Å². The number of nitrogens with one attached hydrogen (secondary N) is 2.